The van der Waals surface area contributed by atoms with Crippen molar-refractivity contribution in [1.82, 2.24) is 9.97 Å². The van der Waals surface area contributed by atoms with Crippen LogP contribution < -0.4 is 5.32 Å². The molecule has 0 aliphatic heterocycles. The van der Waals surface area contributed by atoms with Gasteiger partial charge in [-0.05, 0) is 34.1 Å². The molecule has 1 aromatic carbocycles. The molecule has 1 N–H and O–H groups in total. The van der Waals surface area contributed by atoms with Crippen LogP contribution in [0.15, 0.2) is 27.4 Å². The quantitative estimate of drug-likeness (QED) is 0.821. The second-order valence-electron chi connectivity index (χ2n) is 2.75. The lowest BCUT2D eigenvalue weighted by Gasteiger charge is -2.05. The second kappa shape index (κ2) is 3.82. The van der Waals surface area contributed by atoms with E-state index >= 15 is 0 Å². The first-order valence-electron chi connectivity index (χ1n) is 4.01. The SMILES string of the molecule is CNc1nc(Br)nc2cc(Br)ccc12. The minimum atomic E-state index is 0.590. The van der Waals surface area contributed by atoms with Crippen molar-refractivity contribution in [3.8, 4) is 0 Å². The molecule has 0 saturated heterocycles. The lowest BCUT2D eigenvalue weighted by Crippen LogP contribution is -1.96. The van der Waals surface area contributed by atoms with Gasteiger partial charge < -0.3 is 5.32 Å². The predicted molar refractivity (Wildman–Crippen MR) is 64.5 cm³/mol. The van der Waals surface area contributed by atoms with Gasteiger partial charge in [-0.2, -0.15) is 0 Å². The Balaban J connectivity index is 2.81. The number of anilines is 1. The largest absolute Gasteiger partial charge is 0.372 e. The van der Waals surface area contributed by atoms with E-state index in [0.29, 0.717) is 4.73 Å². The van der Waals surface area contributed by atoms with Gasteiger partial charge in [0.2, 0.25) is 0 Å². The molecule has 72 valence electrons. The van der Waals surface area contributed by atoms with Crippen molar-refractivity contribution >= 4 is 48.6 Å². The fraction of sp³-hybridized carbons (Fsp3) is 0.111. The number of rotatable bonds is 1. The summed E-state index contributed by atoms with van der Waals surface area (Å²) in [5.41, 5.74) is 0.908. The predicted octanol–water partition coefficient (Wildman–Crippen LogP) is 3.20. The van der Waals surface area contributed by atoms with Gasteiger partial charge in [0.1, 0.15) is 5.82 Å². The molecular weight excluding hydrogens is 310 g/mol. The van der Waals surface area contributed by atoms with Crippen LogP contribution >= 0.6 is 31.9 Å². The van der Waals surface area contributed by atoms with Gasteiger partial charge in [0, 0.05) is 16.9 Å². The summed E-state index contributed by atoms with van der Waals surface area (Å²) >= 11 is 6.68. The first kappa shape index (κ1) is 9.86. The molecule has 0 spiro atoms. The minimum Gasteiger partial charge on any atom is -0.372 e. The Morgan fingerprint density at radius 2 is 2.00 bits per heavy atom. The van der Waals surface area contributed by atoms with E-state index in [9.17, 15) is 0 Å². The van der Waals surface area contributed by atoms with Gasteiger partial charge in [0.25, 0.3) is 0 Å². The highest BCUT2D eigenvalue weighted by Gasteiger charge is 2.04. The number of aromatic nitrogens is 2. The molecular formula is C9H7Br2N3. The van der Waals surface area contributed by atoms with E-state index in [1.807, 2.05) is 25.2 Å². The summed E-state index contributed by atoms with van der Waals surface area (Å²) < 4.78 is 1.60. The van der Waals surface area contributed by atoms with E-state index in [1.54, 1.807) is 0 Å². The van der Waals surface area contributed by atoms with Crippen molar-refractivity contribution < 1.29 is 0 Å². The third kappa shape index (κ3) is 1.74. The number of nitrogens with zero attached hydrogens (tertiary/aromatic N) is 2. The number of hydrogen-bond acceptors (Lipinski definition) is 3. The third-order valence-corrected chi connectivity index (χ3v) is 2.72. The summed E-state index contributed by atoms with van der Waals surface area (Å²) in [4.78, 5) is 8.51. The Labute approximate surface area is 98.2 Å². The first-order valence-corrected chi connectivity index (χ1v) is 5.60. The average Bonchev–Trinajstić information content (AvgIpc) is 2.15. The number of benzene rings is 1. The van der Waals surface area contributed by atoms with Gasteiger partial charge in [0.05, 0.1) is 5.52 Å². The van der Waals surface area contributed by atoms with Crippen molar-refractivity contribution in [2.45, 2.75) is 0 Å². The van der Waals surface area contributed by atoms with Gasteiger partial charge in [-0.1, -0.05) is 15.9 Å². The van der Waals surface area contributed by atoms with Crippen LogP contribution in [0.2, 0.25) is 0 Å². The molecule has 14 heavy (non-hydrogen) atoms. The lowest BCUT2D eigenvalue weighted by atomic mass is 10.2. The van der Waals surface area contributed by atoms with Crippen molar-refractivity contribution in [1.29, 1.82) is 0 Å². The lowest BCUT2D eigenvalue weighted by molar-refractivity contribution is 1.15. The number of hydrogen-bond donors (Lipinski definition) is 1. The highest BCUT2D eigenvalue weighted by molar-refractivity contribution is 9.10. The summed E-state index contributed by atoms with van der Waals surface area (Å²) in [6.45, 7) is 0. The standard InChI is InChI=1S/C9H7Br2N3/c1-12-8-6-3-2-5(10)4-7(6)13-9(11)14-8/h2-4H,1H3,(H,12,13,14). The van der Waals surface area contributed by atoms with Gasteiger partial charge in [-0.15, -0.1) is 0 Å². The third-order valence-electron chi connectivity index (χ3n) is 1.87. The van der Waals surface area contributed by atoms with Crippen LogP contribution in [-0.2, 0) is 0 Å². The van der Waals surface area contributed by atoms with E-state index < -0.39 is 0 Å². The fourth-order valence-electron chi connectivity index (χ4n) is 1.26. The molecule has 0 amide bonds. The Hall–Kier alpha value is -0.680. The zero-order valence-corrected chi connectivity index (χ0v) is 10.6. The summed E-state index contributed by atoms with van der Waals surface area (Å²) in [6, 6.07) is 5.92. The monoisotopic (exact) mass is 315 g/mol. The van der Waals surface area contributed by atoms with E-state index in [2.05, 4.69) is 47.1 Å². The maximum atomic E-state index is 4.28. The van der Waals surface area contributed by atoms with Crippen LogP contribution in [0.3, 0.4) is 0 Å². The zero-order chi connectivity index (χ0) is 10.1. The molecule has 1 heterocycles. The van der Waals surface area contributed by atoms with Gasteiger partial charge in [-0.25, -0.2) is 9.97 Å². The molecule has 0 aliphatic carbocycles. The molecule has 0 aliphatic rings. The van der Waals surface area contributed by atoms with Gasteiger partial charge in [0.15, 0.2) is 4.73 Å². The second-order valence-corrected chi connectivity index (χ2v) is 4.38. The van der Waals surface area contributed by atoms with Crippen LogP contribution in [0, 0.1) is 0 Å². The van der Waals surface area contributed by atoms with Crippen molar-refractivity contribution in [2.24, 2.45) is 0 Å². The molecule has 2 rings (SSSR count). The van der Waals surface area contributed by atoms with Crippen molar-refractivity contribution in [3.63, 3.8) is 0 Å². The zero-order valence-electron chi connectivity index (χ0n) is 7.38. The molecule has 2 aromatic rings. The Bertz CT molecular complexity index is 479. The van der Waals surface area contributed by atoms with E-state index in [-0.39, 0.29) is 0 Å². The highest BCUT2D eigenvalue weighted by Crippen LogP contribution is 2.24. The summed E-state index contributed by atoms with van der Waals surface area (Å²) in [5, 5.41) is 4.05. The molecule has 0 fully saturated rings. The molecule has 0 atom stereocenters. The van der Waals surface area contributed by atoms with Crippen LogP contribution in [0.1, 0.15) is 0 Å². The van der Waals surface area contributed by atoms with Crippen LogP contribution in [0.5, 0.6) is 0 Å². The topological polar surface area (TPSA) is 37.8 Å². The fourth-order valence-corrected chi connectivity index (χ4v) is 1.98. The van der Waals surface area contributed by atoms with Crippen LogP contribution in [-0.4, -0.2) is 17.0 Å². The normalized spacial score (nSPS) is 10.5. The molecule has 3 nitrogen and oxygen atoms in total. The Morgan fingerprint density at radius 1 is 1.21 bits per heavy atom. The summed E-state index contributed by atoms with van der Waals surface area (Å²) in [5.74, 6) is 0.828. The van der Waals surface area contributed by atoms with Gasteiger partial charge in [-0.3, -0.25) is 0 Å². The number of nitrogens with one attached hydrogen (secondary N) is 1. The molecule has 0 bridgehead atoms. The Morgan fingerprint density at radius 3 is 2.71 bits per heavy atom. The highest BCUT2D eigenvalue weighted by atomic mass is 79.9. The number of halogens is 2. The maximum Gasteiger partial charge on any atom is 0.199 e. The summed E-state index contributed by atoms with van der Waals surface area (Å²) in [6.07, 6.45) is 0. The summed E-state index contributed by atoms with van der Waals surface area (Å²) in [7, 11) is 1.84. The molecule has 0 saturated carbocycles. The van der Waals surface area contributed by atoms with Crippen molar-refractivity contribution in [2.75, 3.05) is 12.4 Å². The average molecular weight is 317 g/mol. The Kier molecular flexibility index (Phi) is 2.69. The number of fused-ring (bicyclic) bond motifs is 1. The van der Waals surface area contributed by atoms with Crippen LogP contribution in [0.25, 0.3) is 10.9 Å². The van der Waals surface area contributed by atoms with E-state index in [0.717, 1.165) is 21.2 Å². The van der Waals surface area contributed by atoms with Gasteiger partial charge >= 0.3 is 0 Å². The molecule has 5 heteroatoms. The maximum absolute atomic E-state index is 4.28. The molecule has 1 aromatic heterocycles. The minimum absolute atomic E-state index is 0.590. The first-order chi connectivity index (χ1) is 6.70. The smallest absolute Gasteiger partial charge is 0.199 e. The molecule has 0 unspecified atom stereocenters. The molecule has 0 radical (unpaired) electrons. The van der Waals surface area contributed by atoms with Crippen LogP contribution in [0.4, 0.5) is 5.82 Å². The van der Waals surface area contributed by atoms with Crippen molar-refractivity contribution in [3.05, 3.63) is 27.4 Å². The van der Waals surface area contributed by atoms with E-state index in [1.165, 1.54) is 0 Å². The van der Waals surface area contributed by atoms with E-state index in [4.69, 9.17) is 0 Å².